The van der Waals surface area contributed by atoms with E-state index in [4.69, 9.17) is 0 Å². The fourth-order valence-corrected chi connectivity index (χ4v) is 1.62. The minimum atomic E-state index is 0.498. The largest absolute Gasteiger partial charge is 0.315 e. The first-order valence-corrected chi connectivity index (χ1v) is 4.66. The maximum absolute atomic E-state index is 4.10. The maximum Gasteiger partial charge on any atom is 0.0964 e. The zero-order valence-corrected chi connectivity index (χ0v) is 7.82. The van der Waals surface area contributed by atoms with Crippen LogP contribution in [0.1, 0.15) is 18.2 Å². The zero-order chi connectivity index (χ0) is 9.10. The van der Waals surface area contributed by atoms with Gasteiger partial charge in [-0.2, -0.15) is 0 Å². The van der Waals surface area contributed by atoms with Crippen LogP contribution in [0.15, 0.2) is 6.20 Å². The van der Waals surface area contributed by atoms with Crippen LogP contribution in [0.5, 0.6) is 0 Å². The Morgan fingerprint density at radius 3 is 3.38 bits per heavy atom. The quantitative estimate of drug-likeness (QED) is 0.662. The number of hydrogen-bond donors (Lipinski definition) is 2. The number of aromatic nitrogens is 3. The highest BCUT2D eigenvalue weighted by Gasteiger charge is 2.17. The van der Waals surface area contributed by atoms with Crippen molar-refractivity contribution in [3.8, 4) is 0 Å². The molecule has 5 heteroatoms. The fraction of sp³-hybridized carbons (Fsp3) is 0.750. The molecule has 0 bridgehead atoms. The van der Waals surface area contributed by atoms with E-state index in [9.17, 15) is 0 Å². The second kappa shape index (κ2) is 3.85. The molecule has 0 spiro atoms. The average molecular weight is 181 g/mol. The summed E-state index contributed by atoms with van der Waals surface area (Å²) in [5, 5.41) is 14.5. The van der Waals surface area contributed by atoms with Gasteiger partial charge in [0.2, 0.25) is 0 Å². The SMILES string of the molecule is CNCc1cn([C@H]2CCNC2)nn1. The molecule has 1 aliphatic rings. The van der Waals surface area contributed by atoms with Gasteiger partial charge < -0.3 is 10.6 Å². The van der Waals surface area contributed by atoms with E-state index < -0.39 is 0 Å². The van der Waals surface area contributed by atoms with E-state index in [-0.39, 0.29) is 0 Å². The van der Waals surface area contributed by atoms with Crippen LogP contribution in [-0.4, -0.2) is 35.1 Å². The van der Waals surface area contributed by atoms with Crippen LogP contribution in [0.2, 0.25) is 0 Å². The molecule has 1 atom stereocenters. The molecule has 1 saturated heterocycles. The molecule has 1 fully saturated rings. The molecule has 2 heterocycles. The topological polar surface area (TPSA) is 54.8 Å². The van der Waals surface area contributed by atoms with E-state index in [2.05, 4.69) is 20.9 Å². The fourth-order valence-electron chi connectivity index (χ4n) is 1.62. The molecule has 2 rings (SSSR count). The van der Waals surface area contributed by atoms with Crippen LogP contribution < -0.4 is 10.6 Å². The number of nitrogens with zero attached hydrogens (tertiary/aromatic N) is 3. The smallest absolute Gasteiger partial charge is 0.0964 e. The third-order valence-corrected chi connectivity index (χ3v) is 2.32. The monoisotopic (exact) mass is 181 g/mol. The minimum Gasteiger partial charge on any atom is -0.315 e. The maximum atomic E-state index is 4.10. The van der Waals surface area contributed by atoms with Gasteiger partial charge in [-0.25, -0.2) is 4.68 Å². The van der Waals surface area contributed by atoms with Crippen LogP contribution in [0.25, 0.3) is 0 Å². The molecule has 0 radical (unpaired) electrons. The zero-order valence-electron chi connectivity index (χ0n) is 7.82. The van der Waals surface area contributed by atoms with Crippen molar-refractivity contribution >= 4 is 0 Å². The second-order valence-corrected chi connectivity index (χ2v) is 3.37. The van der Waals surface area contributed by atoms with Crippen molar-refractivity contribution in [2.45, 2.75) is 19.0 Å². The van der Waals surface area contributed by atoms with E-state index in [0.29, 0.717) is 6.04 Å². The average Bonchev–Trinajstić information content (AvgIpc) is 2.70. The molecule has 0 amide bonds. The Balaban J connectivity index is 2.03. The van der Waals surface area contributed by atoms with Crippen molar-refractivity contribution < 1.29 is 0 Å². The Bertz CT molecular complexity index is 263. The van der Waals surface area contributed by atoms with E-state index in [1.54, 1.807) is 0 Å². The van der Waals surface area contributed by atoms with E-state index >= 15 is 0 Å². The molecule has 1 aliphatic heterocycles. The Labute approximate surface area is 77.5 Å². The van der Waals surface area contributed by atoms with Crippen LogP contribution in [-0.2, 0) is 6.54 Å². The minimum absolute atomic E-state index is 0.498. The van der Waals surface area contributed by atoms with Crippen molar-refractivity contribution in [3.05, 3.63) is 11.9 Å². The first-order chi connectivity index (χ1) is 6.40. The van der Waals surface area contributed by atoms with Gasteiger partial charge >= 0.3 is 0 Å². The third-order valence-electron chi connectivity index (χ3n) is 2.32. The summed E-state index contributed by atoms with van der Waals surface area (Å²) in [6.07, 6.45) is 3.18. The first-order valence-electron chi connectivity index (χ1n) is 4.66. The molecule has 13 heavy (non-hydrogen) atoms. The van der Waals surface area contributed by atoms with Gasteiger partial charge in [0.05, 0.1) is 17.9 Å². The lowest BCUT2D eigenvalue weighted by molar-refractivity contribution is 0.476. The van der Waals surface area contributed by atoms with Crippen LogP contribution >= 0.6 is 0 Å². The summed E-state index contributed by atoms with van der Waals surface area (Å²) < 4.78 is 1.96. The van der Waals surface area contributed by atoms with Crippen molar-refractivity contribution in [2.75, 3.05) is 20.1 Å². The highest BCUT2D eigenvalue weighted by atomic mass is 15.4. The third kappa shape index (κ3) is 1.87. The Hall–Kier alpha value is -0.940. The Morgan fingerprint density at radius 2 is 2.69 bits per heavy atom. The molecule has 5 nitrogen and oxygen atoms in total. The van der Waals surface area contributed by atoms with Gasteiger partial charge in [-0.05, 0) is 20.0 Å². The van der Waals surface area contributed by atoms with Gasteiger partial charge in [-0.1, -0.05) is 5.21 Å². The normalized spacial score (nSPS) is 22.4. The van der Waals surface area contributed by atoms with E-state index in [1.807, 2.05) is 17.9 Å². The van der Waals surface area contributed by atoms with Gasteiger partial charge in [-0.15, -0.1) is 5.10 Å². The van der Waals surface area contributed by atoms with Crippen LogP contribution in [0.3, 0.4) is 0 Å². The molecule has 2 N–H and O–H groups in total. The van der Waals surface area contributed by atoms with E-state index in [1.165, 1.54) is 0 Å². The van der Waals surface area contributed by atoms with Gasteiger partial charge in [0.1, 0.15) is 0 Å². The highest BCUT2D eigenvalue weighted by Crippen LogP contribution is 2.13. The molecule has 0 aromatic carbocycles. The van der Waals surface area contributed by atoms with Crippen molar-refractivity contribution in [2.24, 2.45) is 0 Å². The standard InChI is InChI=1S/C8H15N5/c1-9-4-7-6-13(12-11-7)8-2-3-10-5-8/h6,8-10H,2-5H2,1H3/t8-/m0/s1. The first kappa shape index (κ1) is 8.65. The number of nitrogens with one attached hydrogen (secondary N) is 2. The van der Waals surface area contributed by atoms with Gasteiger partial charge in [0, 0.05) is 13.1 Å². The Kier molecular flexibility index (Phi) is 2.56. The summed E-state index contributed by atoms with van der Waals surface area (Å²) in [5.74, 6) is 0. The van der Waals surface area contributed by atoms with Crippen molar-refractivity contribution in [1.29, 1.82) is 0 Å². The van der Waals surface area contributed by atoms with Gasteiger partial charge in [0.15, 0.2) is 0 Å². The molecule has 72 valence electrons. The van der Waals surface area contributed by atoms with Crippen molar-refractivity contribution in [3.63, 3.8) is 0 Å². The molecule has 0 aliphatic carbocycles. The summed E-state index contributed by atoms with van der Waals surface area (Å²) in [5.41, 5.74) is 1.01. The molecular weight excluding hydrogens is 166 g/mol. The molecule has 1 aromatic heterocycles. The van der Waals surface area contributed by atoms with Gasteiger partial charge in [-0.3, -0.25) is 0 Å². The molecular formula is C8H15N5. The summed E-state index contributed by atoms with van der Waals surface area (Å²) in [7, 11) is 1.91. The van der Waals surface area contributed by atoms with Crippen LogP contribution in [0.4, 0.5) is 0 Å². The predicted octanol–water partition coefficient (Wildman–Crippen LogP) is -0.468. The van der Waals surface area contributed by atoms with Gasteiger partial charge in [0.25, 0.3) is 0 Å². The lowest BCUT2D eigenvalue weighted by Crippen LogP contribution is -2.13. The lowest BCUT2D eigenvalue weighted by Gasteiger charge is -2.05. The summed E-state index contributed by atoms with van der Waals surface area (Å²) >= 11 is 0. The molecule has 0 unspecified atom stereocenters. The lowest BCUT2D eigenvalue weighted by atomic mass is 10.3. The van der Waals surface area contributed by atoms with Crippen molar-refractivity contribution in [1.82, 2.24) is 25.6 Å². The summed E-state index contributed by atoms with van der Waals surface area (Å²) in [6, 6.07) is 0.498. The molecule has 1 aromatic rings. The van der Waals surface area contributed by atoms with Crippen LogP contribution in [0, 0.1) is 0 Å². The highest BCUT2D eigenvalue weighted by molar-refractivity contribution is 4.93. The second-order valence-electron chi connectivity index (χ2n) is 3.37. The number of hydrogen-bond acceptors (Lipinski definition) is 4. The summed E-state index contributed by atoms with van der Waals surface area (Å²) in [6.45, 7) is 2.90. The number of rotatable bonds is 3. The predicted molar refractivity (Wildman–Crippen MR) is 49.3 cm³/mol. The Morgan fingerprint density at radius 1 is 1.77 bits per heavy atom. The summed E-state index contributed by atoms with van der Waals surface area (Å²) in [4.78, 5) is 0. The van der Waals surface area contributed by atoms with E-state index in [0.717, 1.165) is 31.7 Å². The molecule has 0 saturated carbocycles.